The maximum Gasteiger partial charge on any atom is 0.407 e. The highest BCUT2D eigenvalue weighted by molar-refractivity contribution is 5.79. The smallest absolute Gasteiger partial charge is 0.407 e. The van der Waals surface area contributed by atoms with Gasteiger partial charge in [0.2, 0.25) is 0 Å². The Balaban J connectivity index is 1.37. The van der Waals surface area contributed by atoms with Crippen LogP contribution < -0.4 is 5.32 Å². The molecular formula is C26H24N2O4. The van der Waals surface area contributed by atoms with E-state index in [-0.39, 0.29) is 24.6 Å². The standard InChI is InChI=1S/C26H24N2O4/c1-16-7-6-8-17(13-27)24(16)25(30)23(29)14-28-26(31)32-15-22-20-11-4-2-9-18(20)19-10-3-5-12-21(19)22/h2-12,22-23,25,29-30H,14-15H2,1H3,(H,28,31). The van der Waals surface area contributed by atoms with Crippen LogP contribution in [-0.4, -0.2) is 35.6 Å². The lowest BCUT2D eigenvalue weighted by Crippen LogP contribution is -2.36. The van der Waals surface area contributed by atoms with Crippen LogP contribution in [0.15, 0.2) is 66.7 Å². The number of hydrogen-bond acceptors (Lipinski definition) is 5. The largest absolute Gasteiger partial charge is 0.449 e. The highest BCUT2D eigenvalue weighted by Crippen LogP contribution is 2.44. The number of nitrogens with one attached hydrogen (secondary N) is 1. The fourth-order valence-electron chi connectivity index (χ4n) is 4.31. The molecule has 3 N–H and O–H groups in total. The zero-order valence-corrected chi connectivity index (χ0v) is 17.7. The van der Waals surface area contributed by atoms with Gasteiger partial charge in [0.25, 0.3) is 0 Å². The Morgan fingerprint density at radius 3 is 2.28 bits per heavy atom. The van der Waals surface area contributed by atoms with Gasteiger partial charge in [0.15, 0.2) is 0 Å². The summed E-state index contributed by atoms with van der Waals surface area (Å²) in [5.74, 6) is -0.0613. The summed E-state index contributed by atoms with van der Waals surface area (Å²) in [6.07, 6.45) is -3.27. The van der Waals surface area contributed by atoms with E-state index in [1.807, 2.05) is 42.5 Å². The van der Waals surface area contributed by atoms with Gasteiger partial charge in [-0.05, 0) is 40.8 Å². The van der Waals surface area contributed by atoms with Gasteiger partial charge >= 0.3 is 6.09 Å². The molecule has 6 nitrogen and oxygen atoms in total. The zero-order chi connectivity index (χ0) is 22.7. The lowest BCUT2D eigenvalue weighted by Gasteiger charge is -2.21. The van der Waals surface area contributed by atoms with Crippen molar-refractivity contribution in [3.63, 3.8) is 0 Å². The molecule has 2 atom stereocenters. The predicted molar refractivity (Wildman–Crippen MR) is 120 cm³/mol. The number of nitrogens with zero attached hydrogens (tertiary/aromatic N) is 1. The third-order valence-corrected chi connectivity index (χ3v) is 5.90. The first-order valence-electron chi connectivity index (χ1n) is 10.5. The molecule has 0 heterocycles. The molecule has 1 aliphatic carbocycles. The first-order chi connectivity index (χ1) is 15.5. The van der Waals surface area contributed by atoms with Crippen LogP contribution >= 0.6 is 0 Å². The average Bonchev–Trinajstić information content (AvgIpc) is 3.14. The van der Waals surface area contributed by atoms with Crippen molar-refractivity contribution >= 4 is 6.09 Å². The summed E-state index contributed by atoms with van der Waals surface area (Å²) >= 11 is 0. The number of carbonyl (C=O) groups is 1. The van der Waals surface area contributed by atoms with Gasteiger partial charge in [0, 0.05) is 18.0 Å². The molecule has 0 aliphatic heterocycles. The Kier molecular flexibility index (Phi) is 6.22. The molecule has 2 unspecified atom stereocenters. The minimum absolute atomic E-state index is 0.0613. The predicted octanol–water partition coefficient (Wildman–Crippen LogP) is 3.80. The SMILES string of the molecule is Cc1cccc(C#N)c1C(O)C(O)CNC(=O)OCC1c2ccccc2-c2ccccc21. The number of benzene rings is 3. The van der Waals surface area contributed by atoms with Crippen LogP contribution in [0.4, 0.5) is 4.79 Å². The van der Waals surface area contributed by atoms with Gasteiger partial charge in [-0.1, -0.05) is 60.7 Å². The highest BCUT2D eigenvalue weighted by Gasteiger charge is 2.29. The van der Waals surface area contributed by atoms with Crippen molar-refractivity contribution < 1.29 is 19.7 Å². The van der Waals surface area contributed by atoms with Crippen molar-refractivity contribution in [2.75, 3.05) is 13.2 Å². The molecule has 0 radical (unpaired) electrons. The number of nitriles is 1. The van der Waals surface area contributed by atoms with Crippen molar-refractivity contribution in [2.24, 2.45) is 0 Å². The summed E-state index contributed by atoms with van der Waals surface area (Å²) in [5.41, 5.74) is 5.84. The molecule has 0 saturated heterocycles. The fraction of sp³-hybridized carbons (Fsp3) is 0.231. The molecule has 0 spiro atoms. The molecule has 32 heavy (non-hydrogen) atoms. The lowest BCUT2D eigenvalue weighted by atomic mass is 9.94. The van der Waals surface area contributed by atoms with Crippen LogP contribution in [0.25, 0.3) is 11.1 Å². The van der Waals surface area contributed by atoms with Crippen molar-refractivity contribution in [1.29, 1.82) is 5.26 Å². The van der Waals surface area contributed by atoms with Crippen molar-refractivity contribution in [3.05, 3.63) is 94.5 Å². The van der Waals surface area contributed by atoms with Crippen molar-refractivity contribution in [3.8, 4) is 17.2 Å². The van der Waals surface area contributed by atoms with Gasteiger partial charge in [-0.15, -0.1) is 0 Å². The van der Waals surface area contributed by atoms with Crippen LogP contribution in [0, 0.1) is 18.3 Å². The van der Waals surface area contributed by atoms with Crippen LogP contribution in [0.5, 0.6) is 0 Å². The molecule has 3 aromatic carbocycles. The van der Waals surface area contributed by atoms with Crippen LogP contribution in [0.3, 0.4) is 0 Å². The highest BCUT2D eigenvalue weighted by atomic mass is 16.5. The van der Waals surface area contributed by atoms with E-state index >= 15 is 0 Å². The van der Waals surface area contributed by atoms with Gasteiger partial charge < -0.3 is 20.3 Å². The first kappa shape index (κ1) is 21.6. The summed E-state index contributed by atoms with van der Waals surface area (Å²) in [7, 11) is 0. The molecule has 0 aromatic heterocycles. The maximum atomic E-state index is 12.3. The Morgan fingerprint density at radius 1 is 1.03 bits per heavy atom. The molecule has 1 aliphatic rings. The van der Waals surface area contributed by atoms with Gasteiger partial charge in [0.1, 0.15) is 18.8 Å². The number of carbonyl (C=O) groups excluding carboxylic acids is 1. The summed E-state index contributed by atoms with van der Waals surface area (Å²) in [4.78, 5) is 12.3. The number of aryl methyl sites for hydroxylation is 1. The van der Waals surface area contributed by atoms with E-state index in [1.165, 1.54) is 0 Å². The number of aliphatic hydroxyl groups excluding tert-OH is 2. The molecule has 1 amide bonds. The molecule has 0 fully saturated rings. The number of aliphatic hydroxyl groups is 2. The molecular weight excluding hydrogens is 404 g/mol. The molecule has 6 heteroatoms. The third kappa shape index (κ3) is 4.09. The number of hydrogen-bond donors (Lipinski definition) is 3. The summed E-state index contributed by atoms with van der Waals surface area (Å²) in [5, 5.41) is 32.7. The Labute approximate surface area is 186 Å². The van der Waals surface area contributed by atoms with Gasteiger partial charge in [-0.3, -0.25) is 0 Å². The minimum atomic E-state index is -1.31. The number of rotatable bonds is 6. The number of fused-ring (bicyclic) bond motifs is 3. The maximum absolute atomic E-state index is 12.3. The van der Waals surface area contributed by atoms with Gasteiger partial charge in [-0.25, -0.2) is 4.79 Å². The zero-order valence-electron chi connectivity index (χ0n) is 17.7. The van der Waals surface area contributed by atoms with E-state index in [1.54, 1.807) is 25.1 Å². The monoisotopic (exact) mass is 428 g/mol. The second kappa shape index (κ2) is 9.23. The van der Waals surface area contributed by atoms with E-state index < -0.39 is 18.3 Å². The van der Waals surface area contributed by atoms with Gasteiger partial charge in [-0.2, -0.15) is 5.26 Å². The number of alkyl carbamates (subject to hydrolysis) is 1. The van der Waals surface area contributed by atoms with E-state index in [0.717, 1.165) is 22.3 Å². The Bertz CT molecular complexity index is 1140. The van der Waals surface area contributed by atoms with E-state index in [4.69, 9.17) is 4.74 Å². The minimum Gasteiger partial charge on any atom is -0.449 e. The van der Waals surface area contributed by atoms with E-state index in [9.17, 15) is 20.3 Å². The summed E-state index contributed by atoms with van der Waals surface area (Å²) in [6.45, 7) is 1.71. The fourth-order valence-corrected chi connectivity index (χ4v) is 4.31. The van der Waals surface area contributed by atoms with E-state index in [2.05, 4.69) is 17.4 Å². The second-order valence-electron chi connectivity index (χ2n) is 7.87. The molecule has 3 aromatic rings. The quantitative estimate of drug-likeness (QED) is 0.554. The normalized spacial score (nSPS) is 14.1. The molecule has 162 valence electrons. The summed E-state index contributed by atoms with van der Waals surface area (Å²) < 4.78 is 5.45. The molecule has 4 rings (SSSR count). The number of amides is 1. The average molecular weight is 428 g/mol. The first-order valence-corrected chi connectivity index (χ1v) is 10.5. The third-order valence-electron chi connectivity index (χ3n) is 5.90. The van der Waals surface area contributed by atoms with Crippen LogP contribution in [-0.2, 0) is 4.74 Å². The lowest BCUT2D eigenvalue weighted by molar-refractivity contribution is 0.0180. The summed E-state index contributed by atoms with van der Waals surface area (Å²) in [6, 6.07) is 23.2. The Morgan fingerprint density at radius 2 is 1.66 bits per heavy atom. The van der Waals surface area contributed by atoms with E-state index in [0.29, 0.717) is 11.1 Å². The van der Waals surface area contributed by atoms with Crippen LogP contribution in [0.1, 0.15) is 39.8 Å². The van der Waals surface area contributed by atoms with Crippen molar-refractivity contribution in [1.82, 2.24) is 5.32 Å². The molecule has 0 bridgehead atoms. The van der Waals surface area contributed by atoms with Gasteiger partial charge in [0.05, 0.1) is 11.6 Å². The topological polar surface area (TPSA) is 103 Å². The molecule has 0 saturated carbocycles. The number of ether oxygens (including phenoxy) is 1. The second-order valence-corrected chi connectivity index (χ2v) is 7.87. The van der Waals surface area contributed by atoms with Crippen molar-refractivity contribution in [2.45, 2.75) is 25.0 Å². The van der Waals surface area contributed by atoms with Crippen LogP contribution in [0.2, 0.25) is 0 Å². The Hall–Kier alpha value is -3.66.